The highest BCUT2D eigenvalue weighted by atomic mass is 35.5. The second-order valence-corrected chi connectivity index (χ2v) is 4.53. The number of nitrogens with one attached hydrogen (secondary N) is 1. The number of H-pyrrole nitrogens is 1. The van der Waals surface area contributed by atoms with Crippen LogP contribution in [-0.4, -0.2) is 9.97 Å². The van der Waals surface area contributed by atoms with Crippen LogP contribution in [0.3, 0.4) is 0 Å². The van der Waals surface area contributed by atoms with Gasteiger partial charge in [-0.15, -0.1) is 11.6 Å². The van der Waals surface area contributed by atoms with Gasteiger partial charge in [-0.05, 0) is 25.1 Å². The third-order valence-corrected chi connectivity index (χ3v) is 3.10. The maximum absolute atomic E-state index is 6.09. The van der Waals surface area contributed by atoms with Gasteiger partial charge in [0.2, 0.25) is 0 Å². The summed E-state index contributed by atoms with van der Waals surface area (Å²) in [5.41, 5.74) is 2.62. The highest BCUT2D eigenvalue weighted by Crippen LogP contribution is 2.29. The molecule has 0 saturated carbocycles. The molecule has 0 aliphatic heterocycles. The van der Waals surface area contributed by atoms with Gasteiger partial charge < -0.3 is 4.98 Å². The number of aryl methyl sites for hydroxylation is 1. The number of hydrogen-bond donors (Lipinski definition) is 1. The van der Waals surface area contributed by atoms with Crippen LogP contribution in [0, 0.1) is 6.92 Å². The monoisotopic (exact) mass is 274 g/mol. The SMILES string of the molecule is Cc1[nH]c(-c2ccc(Cl)cc2Cl)nc1CCl. The van der Waals surface area contributed by atoms with Gasteiger partial charge >= 0.3 is 0 Å². The Morgan fingerprint density at radius 3 is 2.62 bits per heavy atom. The standard InChI is InChI=1S/C11H9Cl3N2/c1-6-10(5-12)16-11(15-6)8-3-2-7(13)4-9(8)14/h2-4H,5H2,1H3,(H,15,16). The van der Waals surface area contributed by atoms with Crippen molar-refractivity contribution in [2.45, 2.75) is 12.8 Å². The molecule has 0 unspecified atom stereocenters. The lowest BCUT2D eigenvalue weighted by Crippen LogP contribution is -1.83. The molecule has 16 heavy (non-hydrogen) atoms. The fourth-order valence-electron chi connectivity index (χ4n) is 1.44. The van der Waals surface area contributed by atoms with Crippen molar-refractivity contribution in [1.29, 1.82) is 0 Å². The summed E-state index contributed by atoms with van der Waals surface area (Å²) in [7, 11) is 0. The summed E-state index contributed by atoms with van der Waals surface area (Å²) >= 11 is 17.7. The highest BCUT2D eigenvalue weighted by molar-refractivity contribution is 6.36. The van der Waals surface area contributed by atoms with Crippen LogP contribution in [0.1, 0.15) is 11.4 Å². The Labute approximate surface area is 109 Å². The molecule has 1 N–H and O–H groups in total. The van der Waals surface area contributed by atoms with Gasteiger partial charge in [0.25, 0.3) is 0 Å². The number of aromatic amines is 1. The molecule has 0 saturated heterocycles. The van der Waals surface area contributed by atoms with Gasteiger partial charge in [-0.2, -0.15) is 0 Å². The third kappa shape index (κ3) is 2.19. The summed E-state index contributed by atoms with van der Waals surface area (Å²) in [6.45, 7) is 1.93. The molecule has 0 amide bonds. The molecule has 0 aliphatic carbocycles. The zero-order chi connectivity index (χ0) is 11.7. The second kappa shape index (κ2) is 4.66. The summed E-state index contributed by atoms with van der Waals surface area (Å²) in [6.07, 6.45) is 0. The maximum Gasteiger partial charge on any atom is 0.139 e. The normalized spacial score (nSPS) is 10.8. The average molecular weight is 276 g/mol. The number of benzene rings is 1. The molecule has 1 aromatic carbocycles. The molecular formula is C11H9Cl3N2. The number of aromatic nitrogens is 2. The van der Waals surface area contributed by atoms with Crippen molar-refractivity contribution in [3.8, 4) is 11.4 Å². The minimum atomic E-state index is 0.382. The molecule has 0 atom stereocenters. The van der Waals surface area contributed by atoms with Gasteiger partial charge in [-0.3, -0.25) is 0 Å². The summed E-state index contributed by atoms with van der Waals surface area (Å²) < 4.78 is 0. The van der Waals surface area contributed by atoms with Crippen molar-refractivity contribution in [2.24, 2.45) is 0 Å². The first kappa shape index (κ1) is 11.8. The molecule has 1 aromatic heterocycles. The van der Waals surface area contributed by atoms with Crippen molar-refractivity contribution < 1.29 is 0 Å². The van der Waals surface area contributed by atoms with Gasteiger partial charge in [0.05, 0.1) is 16.6 Å². The predicted molar refractivity (Wildman–Crippen MR) is 68.3 cm³/mol. The molecule has 1 heterocycles. The van der Waals surface area contributed by atoms with Crippen LogP contribution in [0.4, 0.5) is 0 Å². The summed E-state index contributed by atoms with van der Waals surface area (Å²) in [5, 5.41) is 1.18. The fraction of sp³-hybridized carbons (Fsp3) is 0.182. The molecule has 0 radical (unpaired) electrons. The van der Waals surface area contributed by atoms with E-state index < -0.39 is 0 Å². The first-order chi connectivity index (χ1) is 7.61. The highest BCUT2D eigenvalue weighted by Gasteiger charge is 2.10. The average Bonchev–Trinajstić information content (AvgIpc) is 2.59. The van der Waals surface area contributed by atoms with Crippen molar-refractivity contribution in [2.75, 3.05) is 0 Å². The van der Waals surface area contributed by atoms with E-state index in [-0.39, 0.29) is 0 Å². The van der Waals surface area contributed by atoms with Gasteiger partial charge in [-0.25, -0.2) is 4.98 Å². The quantitative estimate of drug-likeness (QED) is 0.807. The molecule has 5 heteroatoms. The fourth-order valence-corrected chi connectivity index (χ4v) is 2.19. The molecule has 2 nitrogen and oxygen atoms in total. The van der Waals surface area contributed by atoms with Crippen LogP contribution >= 0.6 is 34.8 Å². The van der Waals surface area contributed by atoms with Crippen LogP contribution in [0.25, 0.3) is 11.4 Å². The van der Waals surface area contributed by atoms with Crippen LogP contribution in [0.2, 0.25) is 10.0 Å². The van der Waals surface area contributed by atoms with Crippen LogP contribution in [0.15, 0.2) is 18.2 Å². The lowest BCUT2D eigenvalue weighted by Gasteiger charge is -2.00. The van der Waals surface area contributed by atoms with Crippen molar-refractivity contribution >= 4 is 34.8 Å². The molecule has 0 spiro atoms. The number of alkyl halides is 1. The summed E-state index contributed by atoms with van der Waals surface area (Å²) in [6, 6.07) is 5.30. The number of nitrogens with zero attached hydrogens (tertiary/aromatic N) is 1. The predicted octanol–water partition coefficient (Wildman–Crippen LogP) is 4.43. The summed E-state index contributed by atoms with van der Waals surface area (Å²) in [5.74, 6) is 1.10. The molecule has 0 fully saturated rings. The first-order valence-electron chi connectivity index (χ1n) is 4.68. The zero-order valence-electron chi connectivity index (χ0n) is 8.52. The molecular weight excluding hydrogens is 266 g/mol. The van der Waals surface area contributed by atoms with Gasteiger partial charge in [0.15, 0.2) is 0 Å². The largest absolute Gasteiger partial charge is 0.342 e. The lowest BCUT2D eigenvalue weighted by molar-refractivity contribution is 1.18. The molecule has 0 aliphatic rings. The number of halogens is 3. The van der Waals surface area contributed by atoms with Gasteiger partial charge in [0, 0.05) is 16.3 Å². The van der Waals surface area contributed by atoms with E-state index in [4.69, 9.17) is 34.8 Å². The van der Waals surface area contributed by atoms with Gasteiger partial charge in [0.1, 0.15) is 5.82 Å². The summed E-state index contributed by atoms with van der Waals surface area (Å²) in [4.78, 5) is 7.52. The zero-order valence-corrected chi connectivity index (χ0v) is 10.8. The van der Waals surface area contributed by atoms with Crippen LogP contribution < -0.4 is 0 Å². The van der Waals surface area contributed by atoms with E-state index in [1.807, 2.05) is 13.0 Å². The van der Waals surface area contributed by atoms with E-state index in [0.717, 1.165) is 22.8 Å². The smallest absolute Gasteiger partial charge is 0.139 e. The Kier molecular flexibility index (Phi) is 3.43. The van der Waals surface area contributed by atoms with E-state index in [9.17, 15) is 0 Å². The minimum absolute atomic E-state index is 0.382. The Hall–Kier alpha value is -0.700. The molecule has 0 bridgehead atoms. The Balaban J connectivity index is 2.50. The first-order valence-corrected chi connectivity index (χ1v) is 5.97. The third-order valence-electron chi connectivity index (χ3n) is 2.30. The topological polar surface area (TPSA) is 28.7 Å². The Bertz CT molecular complexity index is 520. The van der Waals surface area contributed by atoms with E-state index in [0.29, 0.717) is 15.9 Å². The molecule has 2 rings (SSSR count). The van der Waals surface area contributed by atoms with E-state index in [2.05, 4.69) is 9.97 Å². The maximum atomic E-state index is 6.09. The van der Waals surface area contributed by atoms with Crippen LogP contribution in [0.5, 0.6) is 0 Å². The van der Waals surface area contributed by atoms with Crippen molar-refractivity contribution in [3.05, 3.63) is 39.6 Å². The number of imidazole rings is 1. The Morgan fingerprint density at radius 2 is 2.06 bits per heavy atom. The second-order valence-electron chi connectivity index (χ2n) is 3.41. The van der Waals surface area contributed by atoms with E-state index in [1.54, 1.807) is 12.1 Å². The molecule has 84 valence electrons. The minimum Gasteiger partial charge on any atom is -0.342 e. The molecule has 2 aromatic rings. The Morgan fingerprint density at radius 1 is 1.31 bits per heavy atom. The van der Waals surface area contributed by atoms with E-state index >= 15 is 0 Å². The number of hydrogen-bond acceptors (Lipinski definition) is 1. The van der Waals surface area contributed by atoms with Gasteiger partial charge in [-0.1, -0.05) is 23.2 Å². The van der Waals surface area contributed by atoms with Crippen molar-refractivity contribution in [3.63, 3.8) is 0 Å². The van der Waals surface area contributed by atoms with Crippen molar-refractivity contribution in [1.82, 2.24) is 9.97 Å². The number of rotatable bonds is 2. The van der Waals surface area contributed by atoms with E-state index in [1.165, 1.54) is 0 Å². The van der Waals surface area contributed by atoms with Crippen LogP contribution in [-0.2, 0) is 5.88 Å². The lowest BCUT2D eigenvalue weighted by atomic mass is 10.2.